The average molecular weight is 750 g/mol. The zero-order chi connectivity index (χ0) is 39.6. The number of hydrogen-bond acceptors (Lipinski definition) is 11. The summed E-state index contributed by atoms with van der Waals surface area (Å²) < 4.78 is 30.0. The summed E-state index contributed by atoms with van der Waals surface area (Å²) >= 11 is 0. The Hall–Kier alpha value is -2.61. The first-order valence-corrected chi connectivity index (χ1v) is 19.6. The molecule has 0 aliphatic carbocycles. The van der Waals surface area contributed by atoms with Gasteiger partial charge in [-0.1, -0.05) is 65.8 Å². The van der Waals surface area contributed by atoms with E-state index >= 15 is 0 Å². The van der Waals surface area contributed by atoms with Gasteiger partial charge in [0.05, 0.1) is 24.7 Å². The first kappa shape index (κ1) is 44.8. The maximum Gasteiger partial charge on any atom is 0.404 e. The molecular formula is C41H67NO11. The Balaban J connectivity index is 1.90. The van der Waals surface area contributed by atoms with Crippen molar-refractivity contribution in [3.8, 4) is 0 Å². The number of nitrogens with two attached hydrogens (primary N) is 1. The van der Waals surface area contributed by atoms with E-state index in [1.807, 2.05) is 46.8 Å². The van der Waals surface area contributed by atoms with Crippen LogP contribution in [0.2, 0.25) is 0 Å². The number of ether oxygens (including phenoxy) is 5. The van der Waals surface area contributed by atoms with Crippen molar-refractivity contribution in [3.63, 3.8) is 0 Å². The fraction of sp³-hybridized carbons (Fsp3) is 0.780. The quantitative estimate of drug-likeness (QED) is 0.151. The smallest absolute Gasteiger partial charge is 0.404 e. The largest absolute Gasteiger partial charge is 0.462 e. The highest BCUT2D eigenvalue weighted by Gasteiger charge is 2.41. The minimum Gasteiger partial charge on any atom is -0.462 e. The average Bonchev–Trinajstić information content (AvgIpc) is 3.09. The Bertz CT molecular complexity index is 1310. The molecule has 12 nitrogen and oxygen atoms in total. The highest BCUT2D eigenvalue weighted by atomic mass is 16.7. The molecule has 2 bridgehead atoms. The second kappa shape index (κ2) is 20.3. The first-order chi connectivity index (χ1) is 24.8. The second-order valence-corrected chi connectivity index (χ2v) is 16.1. The molecule has 302 valence electrons. The maximum atomic E-state index is 13.6. The monoisotopic (exact) mass is 749 g/mol. The van der Waals surface area contributed by atoms with Crippen LogP contribution in [0, 0.1) is 29.6 Å². The van der Waals surface area contributed by atoms with E-state index in [2.05, 4.69) is 19.1 Å². The van der Waals surface area contributed by atoms with Crippen LogP contribution in [-0.2, 0) is 33.3 Å². The molecule has 3 heterocycles. The first-order valence-electron chi connectivity index (χ1n) is 19.6. The van der Waals surface area contributed by atoms with Crippen LogP contribution in [0.5, 0.6) is 0 Å². The Labute approximate surface area is 316 Å². The van der Waals surface area contributed by atoms with Crippen LogP contribution in [0.15, 0.2) is 35.5 Å². The number of Topliss-reactive ketones (excluding diaryl/α,β-unsaturated/α-hetero) is 1. The molecule has 12 heteroatoms. The molecule has 14 atom stereocenters. The van der Waals surface area contributed by atoms with Crippen LogP contribution in [0.4, 0.5) is 4.79 Å². The molecule has 3 aliphatic rings. The van der Waals surface area contributed by atoms with Crippen molar-refractivity contribution in [1.82, 2.24) is 0 Å². The van der Waals surface area contributed by atoms with Gasteiger partial charge in [0.2, 0.25) is 0 Å². The molecule has 1 amide bonds. The van der Waals surface area contributed by atoms with Crippen LogP contribution in [-0.4, -0.2) is 88.0 Å². The molecule has 3 rings (SSSR count). The minimum atomic E-state index is -1.73. The lowest BCUT2D eigenvalue weighted by atomic mass is 9.79. The van der Waals surface area contributed by atoms with Crippen molar-refractivity contribution in [2.24, 2.45) is 35.3 Å². The van der Waals surface area contributed by atoms with Crippen molar-refractivity contribution in [3.05, 3.63) is 35.5 Å². The van der Waals surface area contributed by atoms with Crippen molar-refractivity contribution in [2.75, 3.05) is 0 Å². The molecule has 0 unspecified atom stereocenters. The van der Waals surface area contributed by atoms with Crippen molar-refractivity contribution in [1.29, 1.82) is 0 Å². The van der Waals surface area contributed by atoms with Gasteiger partial charge in [0.15, 0.2) is 12.1 Å². The number of cyclic esters (lactones) is 1. The minimum absolute atomic E-state index is 0.00488. The van der Waals surface area contributed by atoms with E-state index < -0.39 is 66.7 Å². The molecule has 0 aromatic heterocycles. The SMILES string of the molecule is CCC(=O)[C@@H](C)[C@@H](O)[C@H](C)C[C@@H](C)[C@H]1OC(=O)C[C@@]2(O)CC=C(C)[C@H](O2)/C(C)=C\CCC[C@@H](O[C@H]2C[C@@H](OC(N)=O)[C@H](O)[C@@H](C)O2)/C=C\[C@H](C)C[C@H]1C. The predicted octanol–water partition coefficient (Wildman–Crippen LogP) is 6.04. The summed E-state index contributed by atoms with van der Waals surface area (Å²) in [5.41, 5.74) is 7.13. The molecule has 1 saturated heterocycles. The lowest BCUT2D eigenvalue weighted by Gasteiger charge is -2.38. The lowest BCUT2D eigenvalue weighted by Crippen LogP contribution is -2.50. The Kier molecular flexibility index (Phi) is 17.2. The van der Waals surface area contributed by atoms with Gasteiger partial charge < -0.3 is 44.7 Å². The molecular weight excluding hydrogens is 682 g/mol. The maximum absolute atomic E-state index is 13.6. The number of primary amides is 1. The van der Waals surface area contributed by atoms with E-state index in [0.717, 1.165) is 17.6 Å². The number of carbonyl (C=O) groups excluding carboxylic acids is 3. The molecule has 0 aromatic carbocycles. The number of aliphatic hydroxyl groups excluding tert-OH is 2. The summed E-state index contributed by atoms with van der Waals surface area (Å²) in [4.78, 5) is 37.5. The van der Waals surface area contributed by atoms with Gasteiger partial charge in [0.1, 0.15) is 30.2 Å². The van der Waals surface area contributed by atoms with Gasteiger partial charge in [0.25, 0.3) is 0 Å². The third-order valence-corrected chi connectivity index (χ3v) is 11.2. The summed E-state index contributed by atoms with van der Waals surface area (Å²) in [5.74, 6) is -3.23. The van der Waals surface area contributed by atoms with Gasteiger partial charge in [-0.05, 0) is 87.7 Å². The van der Waals surface area contributed by atoms with Crippen LogP contribution in [0.1, 0.15) is 120 Å². The van der Waals surface area contributed by atoms with Crippen molar-refractivity contribution in [2.45, 2.75) is 175 Å². The predicted molar refractivity (Wildman–Crippen MR) is 200 cm³/mol. The standard InChI is InChI=1S/C41H67NO11/c1-10-32(43)29(8)36(45)26(5)20-28(7)38-27(6)19-23(2)15-16-31(50-35-21-33(51-40(42)47)37(46)30(9)49-35)14-12-11-13-24(3)39-25(4)17-18-41(48,53-39)22-34(44)52-38/h13,15-17,23,26-31,33,35-39,45-46,48H,10-12,14,18-22H2,1-9H3,(H2,42,47)/b16-15-,24-13-/t23-,26+,27+,28+,29+,30+,31+,33+,35-,36-,37+,38-,39+,41+/m0/s1. The van der Waals surface area contributed by atoms with E-state index in [-0.39, 0.29) is 54.8 Å². The highest BCUT2D eigenvalue weighted by molar-refractivity contribution is 5.80. The third kappa shape index (κ3) is 13.3. The molecule has 5 N–H and O–H groups in total. The van der Waals surface area contributed by atoms with E-state index in [1.54, 1.807) is 20.8 Å². The fourth-order valence-corrected chi connectivity index (χ4v) is 8.07. The number of esters is 1. The van der Waals surface area contributed by atoms with Gasteiger partial charge in [-0.2, -0.15) is 0 Å². The third-order valence-electron chi connectivity index (χ3n) is 11.2. The van der Waals surface area contributed by atoms with Crippen LogP contribution in [0.25, 0.3) is 0 Å². The second-order valence-electron chi connectivity index (χ2n) is 16.1. The Morgan fingerprint density at radius 3 is 2.42 bits per heavy atom. The van der Waals surface area contributed by atoms with Gasteiger partial charge in [-0.25, -0.2) is 4.79 Å². The van der Waals surface area contributed by atoms with Crippen LogP contribution in [0.3, 0.4) is 0 Å². The number of amides is 1. The van der Waals surface area contributed by atoms with Crippen LogP contribution >= 0.6 is 0 Å². The van der Waals surface area contributed by atoms with Gasteiger partial charge in [0, 0.05) is 25.2 Å². The van der Waals surface area contributed by atoms with E-state index in [9.17, 15) is 29.7 Å². The number of allylic oxidation sites excluding steroid dienone is 2. The topological polar surface area (TPSA) is 184 Å². The summed E-state index contributed by atoms with van der Waals surface area (Å²) in [5, 5.41) is 33.1. The van der Waals surface area contributed by atoms with E-state index in [4.69, 9.17) is 29.4 Å². The molecule has 0 radical (unpaired) electrons. The zero-order valence-corrected chi connectivity index (χ0v) is 33.4. The Morgan fingerprint density at radius 2 is 1.75 bits per heavy atom. The molecule has 0 spiro atoms. The summed E-state index contributed by atoms with van der Waals surface area (Å²) in [7, 11) is 0. The van der Waals surface area contributed by atoms with E-state index in [0.29, 0.717) is 32.1 Å². The molecule has 53 heavy (non-hydrogen) atoms. The van der Waals surface area contributed by atoms with Gasteiger partial charge >= 0.3 is 12.1 Å². The van der Waals surface area contributed by atoms with E-state index in [1.165, 1.54) is 0 Å². The zero-order valence-electron chi connectivity index (χ0n) is 33.4. The molecule has 3 aliphatic heterocycles. The lowest BCUT2D eigenvalue weighted by molar-refractivity contribution is -0.254. The molecule has 1 fully saturated rings. The molecule has 0 aromatic rings. The fourth-order valence-electron chi connectivity index (χ4n) is 8.07. The summed E-state index contributed by atoms with van der Waals surface area (Å²) in [6.07, 6.45) is 5.26. The Morgan fingerprint density at radius 1 is 1.08 bits per heavy atom. The van der Waals surface area contributed by atoms with Gasteiger partial charge in [-0.15, -0.1) is 0 Å². The van der Waals surface area contributed by atoms with Gasteiger partial charge in [-0.3, -0.25) is 9.59 Å². The summed E-state index contributed by atoms with van der Waals surface area (Å²) in [6.45, 7) is 17.2. The normalized spacial score (nSPS) is 37.6. The number of hydrogen-bond donors (Lipinski definition) is 4. The number of ketones is 1. The van der Waals surface area contributed by atoms with Crippen LogP contribution < -0.4 is 5.73 Å². The number of carbonyl (C=O) groups is 3. The highest BCUT2D eigenvalue weighted by Crippen LogP contribution is 2.35. The molecule has 0 saturated carbocycles. The van der Waals surface area contributed by atoms with Crippen molar-refractivity contribution >= 4 is 17.8 Å². The number of fused-ring (bicyclic) bond motifs is 2. The van der Waals surface area contributed by atoms with Crippen molar-refractivity contribution < 1.29 is 53.4 Å². The summed E-state index contributed by atoms with van der Waals surface area (Å²) in [6, 6.07) is 0. The number of aliphatic hydroxyl groups is 3. The number of rotatable bonds is 10.